The van der Waals surface area contributed by atoms with Crippen molar-refractivity contribution in [2.45, 2.75) is 11.9 Å². The van der Waals surface area contributed by atoms with Gasteiger partial charge in [-0.3, -0.25) is 0 Å². The fraction of sp³-hybridized carbons (Fsp3) is 0.333. The Kier molecular flexibility index (Phi) is 2.62. The molecule has 0 bridgehead atoms. The molecule has 1 rings (SSSR count). The second-order valence-electron chi connectivity index (χ2n) is 2.00. The van der Waals surface area contributed by atoms with E-state index < -0.39 is 5.38 Å². The number of hydrogen-bond acceptors (Lipinski definition) is 4. The summed E-state index contributed by atoms with van der Waals surface area (Å²) in [7, 11) is 0. The van der Waals surface area contributed by atoms with Gasteiger partial charge >= 0.3 is 0 Å². The summed E-state index contributed by atoms with van der Waals surface area (Å²) >= 11 is 5.52. The molecule has 0 N–H and O–H groups in total. The highest BCUT2D eigenvalue weighted by Crippen LogP contribution is 1.97. The van der Waals surface area contributed by atoms with Gasteiger partial charge in [-0.1, -0.05) is 0 Å². The van der Waals surface area contributed by atoms with Crippen molar-refractivity contribution in [3.05, 3.63) is 12.2 Å². The van der Waals surface area contributed by atoms with Crippen molar-refractivity contribution in [3.8, 4) is 12.1 Å². The van der Waals surface area contributed by atoms with Gasteiger partial charge in [-0.25, -0.2) is 9.67 Å². The fourth-order valence-corrected chi connectivity index (χ4v) is 0.780. The van der Waals surface area contributed by atoms with E-state index in [1.807, 2.05) is 6.07 Å². The van der Waals surface area contributed by atoms with Crippen LogP contribution in [0.3, 0.4) is 0 Å². The second kappa shape index (κ2) is 3.70. The van der Waals surface area contributed by atoms with E-state index in [9.17, 15) is 0 Å². The lowest BCUT2D eigenvalue weighted by Gasteiger charge is -1.97. The average Bonchev–Trinajstić information content (AvgIpc) is 2.52. The second-order valence-corrected chi connectivity index (χ2v) is 2.53. The lowest BCUT2D eigenvalue weighted by Crippen LogP contribution is -2.08. The SMILES string of the molecule is N#Cc1ncn(CC(Cl)C#N)n1. The third-order valence-corrected chi connectivity index (χ3v) is 1.36. The zero-order chi connectivity index (χ0) is 8.97. The van der Waals surface area contributed by atoms with E-state index in [1.54, 1.807) is 6.07 Å². The Balaban J connectivity index is 2.67. The summed E-state index contributed by atoms with van der Waals surface area (Å²) in [6.45, 7) is 0.243. The van der Waals surface area contributed by atoms with Crippen LogP contribution in [0.1, 0.15) is 5.82 Å². The Morgan fingerprint density at radius 3 is 2.92 bits per heavy atom. The molecule has 5 nitrogen and oxygen atoms in total. The van der Waals surface area contributed by atoms with Gasteiger partial charge in [0, 0.05) is 0 Å². The summed E-state index contributed by atoms with van der Waals surface area (Å²) in [4.78, 5) is 3.64. The Hall–Kier alpha value is -1.59. The van der Waals surface area contributed by atoms with Gasteiger partial charge in [0.1, 0.15) is 17.8 Å². The largest absolute Gasteiger partial charge is 0.252 e. The molecule has 0 aromatic carbocycles. The highest BCUT2D eigenvalue weighted by Gasteiger charge is 2.05. The standard InChI is InChI=1S/C6H4ClN5/c7-5(1-8)3-12-4-10-6(2-9)11-12/h4-5H,3H2. The summed E-state index contributed by atoms with van der Waals surface area (Å²) in [6, 6.07) is 3.60. The van der Waals surface area contributed by atoms with Gasteiger partial charge in [0.25, 0.3) is 5.82 Å². The first-order valence-corrected chi connectivity index (χ1v) is 3.53. The molecule has 0 aliphatic heterocycles. The molecule has 0 fully saturated rings. The summed E-state index contributed by atoms with van der Waals surface area (Å²) in [6.07, 6.45) is 1.37. The first-order valence-electron chi connectivity index (χ1n) is 3.09. The molecule has 0 aliphatic rings. The van der Waals surface area contributed by atoms with Gasteiger partial charge in [0.05, 0.1) is 12.6 Å². The third-order valence-electron chi connectivity index (χ3n) is 1.12. The summed E-state index contributed by atoms with van der Waals surface area (Å²) in [5.41, 5.74) is 0. The van der Waals surface area contributed by atoms with Crippen molar-refractivity contribution in [3.63, 3.8) is 0 Å². The minimum Gasteiger partial charge on any atom is -0.249 e. The number of nitrogens with zero attached hydrogens (tertiary/aromatic N) is 5. The molecule has 1 atom stereocenters. The lowest BCUT2D eigenvalue weighted by atomic mass is 10.5. The Labute approximate surface area is 73.8 Å². The zero-order valence-electron chi connectivity index (χ0n) is 5.98. The minimum atomic E-state index is -0.641. The molecule has 0 radical (unpaired) electrons. The molecule has 0 aliphatic carbocycles. The molecule has 1 unspecified atom stereocenters. The maximum Gasteiger partial charge on any atom is 0.252 e. The topological polar surface area (TPSA) is 78.3 Å². The average molecular weight is 182 g/mol. The van der Waals surface area contributed by atoms with Gasteiger partial charge in [-0.15, -0.1) is 16.7 Å². The molecule has 60 valence electrons. The van der Waals surface area contributed by atoms with Crippen LogP contribution in [0.2, 0.25) is 0 Å². The molecule has 12 heavy (non-hydrogen) atoms. The Morgan fingerprint density at radius 1 is 1.67 bits per heavy atom. The summed E-state index contributed by atoms with van der Waals surface area (Å²) in [5.74, 6) is 0.0804. The number of rotatable bonds is 2. The van der Waals surface area contributed by atoms with E-state index in [2.05, 4.69) is 10.1 Å². The first kappa shape index (κ1) is 8.51. The van der Waals surface area contributed by atoms with Gasteiger partial charge < -0.3 is 0 Å². The molecular weight excluding hydrogens is 178 g/mol. The number of alkyl halides is 1. The number of aromatic nitrogens is 3. The van der Waals surface area contributed by atoms with E-state index >= 15 is 0 Å². The van der Waals surface area contributed by atoms with Crippen LogP contribution < -0.4 is 0 Å². The van der Waals surface area contributed by atoms with Crippen molar-refractivity contribution in [1.29, 1.82) is 10.5 Å². The van der Waals surface area contributed by atoms with E-state index in [4.69, 9.17) is 22.1 Å². The Bertz CT molecular complexity index is 344. The van der Waals surface area contributed by atoms with Crippen LogP contribution in [0, 0.1) is 22.7 Å². The van der Waals surface area contributed by atoms with Crippen LogP contribution in [0.5, 0.6) is 0 Å². The first-order chi connectivity index (χ1) is 5.76. The predicted molar refractivity (Wildman–Crippen MR) is 40.0 cm³/mol. The van der Waals surface area contributed by atoms with Crippen molar-refractivity contribution in [2.24, 2.45) is 0 Å². The van der Waals surface area contributed by atoms with Gasteiger partial charge in [-0.2, -0.15) is 10.5 Å². The van der Waals surface area contributed by atoms with Crippen LogP contribution in [0.25, 0.3) is 0 Å². The maximum absolute atomic E-state index is 8.36. The molecule has 1 aromatic heterocycles. The van der Waals surface area contributed by atoms with Crippen molar-refractivity contribution >= 4 is 11.6 Å². The fourth-order valence-electron chi connectivity index (χ4n) is 0.639. The highest BCUT2D eigenvalue weighted by molar-refractivity contribution is 6.22. The summed E-state index contributed by atoms with van der Waals surface area (Å²) < 4.78 is 1.36. The summed E-state index contributed by atoms with van der Waals surface area (Å²) in [5, 5.41) is 19.8. The quantitative estimate of drug-likeness (QED) is 0.614. The van der Waals surface area contributed by atoms with Crippen molar-refractivity contribution < 1.29 is 0 Å². The lowest BCUT2D eigenvalue weighted by molar-refractivity contribution is 0.628. The van der Waals surface area contributed by atoms with E-state index in [1.165, 1.54) is 11.0 Å². The third kappa shape index (κ3) is 1.94. The molecule has 0 amide bonds. The molecule has 1 aromatic rings. The van der Waals surface area contributed by atoms with E-state index in [0.717, 1.165) is 0 Å². The highest BCUT2D eigenvalue weighted by atomic mass is 35.5. The van der Waals surface area contributed by atoms with Crippen molar-refractivity contribution in [1.82, 2.24) is 14.8 Å². The van der Waals surface area contributed by atoms with Gasteiger partial charge in [0.15, 0.2) is 0 Å². The normalized spacial score (nSPS) is 11.6. The van der Waals surface area contributed by atoms with Gasteiger partial charge in [-0.05, 0) is 0 Å². The van der Waals surface area contributed by atoms with Crippen LogP contribution >= 0.6 is 11.6 Å². The monoisotopic (exact) mass is 181 g/mol. The smallest absolute Gasteiger partial charge is 0.249 e. The molecular formula is C6H4ClN5. The molecule has 6 heteroatoms. The Morgan fingerprint density at radius 2 is 2.42 bits per heavy atom. The van der Waals surface area contributed by atoms with E-state index in [0.29, 0.717) is 0 Å². The molecule has 1 heterocycles. The maximum atomic E-state index is 8.36. The van der Waals surface area contributed by atoms with Crippen LogP contribution in [0.4, 0.5) is 0 Å². The molecule has 0 spiro atoms. The van der Waals surface area contributed by atoms with E-state index in [-0.39, 0.29) is 12.4 Å². The van der Waals surface area contributed by atoms with Crippen molar-refractivity contribution in [2.75, 3.05) is 0 Å². The van der Waals surface area contributed by atoms with Gasteiger partial charge in [0.2, 0.25) is 0 Å². The molecule has 0 saturated heterocycles. The zero-order valence-corrected chi connectivity index (χ0v) is 6.73. The number of halogens is 1. The predicted octanol–water partition coefficient (Wildman–Crippen LogP) is 0.281. The number of hydrogen-bond donors (Lipinski definition) is 0. The molecule has 0 saturated carbocycles. The minimum absolute atomic E-state index is 0.0804. The van der Waals surface area contributed by atoms with Crippen LogP contribution in [-0.2, 0) is 6.54 Å². The van der Waals surface area contributed by atoms with Crippen LogP contribution in [0.15, 0.2) is 6.33 Å². The number of nitriles is 2. The van der Waals surface area contributed by atoms with Crippen LogP contribution in [-0.4, -0.2) is 20.1 Å².